The number of nitrogens with zero attached hydrogens (tertiary/aromatic N) is 2. The lowest BCUT2D eigenvalue weighted by Gasteiger charge is -2.14. The van der Waals surface area contributed by atoms with Gasteiger partial charge in [-0.1, -0.05) is 6.07 Å². The van der Waals surface area contributed by atoms with Gasteiger partial charge in [0.2, 0.25) is 5.91 Å². The van der Waals surface area contributed by atoms with Crippen molar-refractivity contribution in [1.29, 1.82) is 0 Å². The normalized spacial score (nSPS) is 12.4. The number of nitrogens with one attached hydrogen (secondary N) is 1. The van der Waals surface area contributed by atoms with E-state index in [0.717, 1.165) is 16.3 Å². The van der Waals surface area contributed by atoms with Crippen LogP contribution in [0.5, 0.6) is 0 Å². The SMILES string of the molecule is Cc1nn(C(C)C)c(C)c1NC(=O)CC(CC(=O)O)c1cccs1. The largest absolute Gasteiger partial charge is 0.481 e. The molecule has 0 aliphatic rings. The van der Waals surface area contributed by atoms with E-state index in [4.69, 9.17) is 5.11 Å². The maximum atomic E-state index is 12.4. The average molecular weight is 349 g/mol. The molecule has 0 saturated carbocycles. The number of amides is 1. The van der Waals surface area contributed by atoms with Crippen LogP contribution in [-0.4, -0.2) is 26.8 Å². The Morgan fingerprint density at radius 3 is 2.54 bits per heavy atom. The van der Waals surface area contributed by atoms with Crippen molar-refractivity contribution in [1.82, 2.24) is 9.78 Å². The van der Waals surface area contributed by atoms with Crippen LogP contribution in [0.25, 0.3) is 0 Å². The number of rotatable bonds is 7. The van der Waals surface area contributed by atoms with E-state index in [1.54, 1.807) is 0 Å². The van der Waals surface area contributed by atoms with Crippen molar-refractivity contribution in [2.45, 2.75) is 52.5 Å². The van der Waals surface area contributed by atoms with E-state index in [-0.39, 0.29) is 30.7 Å². The van der Waals surface area contributed by atoms with E-state index in [1.165, 1.54) is 11.3 Å². The van der Waals surface area contributed by atoms with Crippen molar-refractivity contribution < 1.29 is 14.7 Å². The first-order valence-electron chi connectivity index (χ1n) is 7.90. The highest BCUT2D eigenvalue weighted by Crippen LogP contribution is 2.29. The first-order valence-corrected chi connectivity index (χ1v) is 8.78. The number of aryl methyl sites for hydroxylation is 1. The van der Waals surface area contributed by atoms with Crippen molar-refractivity contribution in [3.05, 3.63) is 33.8 Å². The summed E-state index contributed by atoms with van der Waals surface area (Å²) in [4.78, 5) is 24.5. The van der Waals surface area contributed by atoms with Gasteiger partial charge in [0, 0.05) is 23.3 Å². The standard InChI is InChI=1S/C17H23N3O3S/c1-10(2)20-12(4)17(11(3)19-20)18-15(21)8-13(9-16(22)23)14-6-5-7-24-14/h5-7,10,13H,8-9H2,1-4H3,(H,18,21)(H,22,23). The molecule has 6 nitrogen and oxygen atoms in total. The Kier molecular flexibility index (Phi) is 5.77. The zero-order chi connectivity index (χ0) is 17.9. The van der Waals surface area contributed by atoms with Crippen molar-refractivity contribution in [3.63, 3.8) is 0 Å². The fourth-order valence-corrected chi connectivity index (χ4v) is 3.60. The molecule has 130 valence electrons. The van der Waals surface area contributed by atoms with Gasteiger partial charge in [-0.2, -0.15) is 5.10 Å². The molecule has 2 N–H and O–H groups in total. The number of carbonyl (C=O) groups is 2. The van der Waals surface area contributed by atoms with Gasteiger partial charge in [-0.3, -0.25) is 14.3 Å². The molecule has 0 aromatic carbocycles. The molecular formula is C17H23N3O3S. The van der Waals surface area contributed by atoms with Gasteiger partial charge in [0.15, 0.2) is 0 Å². The predicted octanol–water partition coefficient (Wildman–Crippen LogP) is 3.73. The minimum atomic E-state index is -0.902. The van der Waals surface area contributed by atoms with Gasteiger partial charge in [-0.15, -0.1) is 11.3 Å². The number of aliphatic carboxylic acids is 1. The van der Waals surface area contributed by atoms with Gasteiger partial charge in [0.1, 0.15) is 0 Å². The molecule has 1 atom stereocenters. The van der Waals surface area contributed by atoms with Crippen molar-refractivity contribution in [2.75, 3.05) is 5.32 Å². The molecule has 1 amide bonds. The van der Waals surface area contributed by atoms with E-state index in [2.05, 4.69) is 10.4 Å². The molecule has 0 saturated heterocycles. The molecule has 2 heterocycles. The van der Waals surface area contributed by atoms with E-state index in [1.807, 2.05) is 49.9 Å². The van der Waals surface area contributed by atoms with Crippen LogP contribution in [-0.2, 0) is 9.59 Å². The number of anilines is 1. The Hall–Kier alpha value is -2.15. The van der Waals surface area contributed by atoms with Crippen LogP contribution in [0.2, 0.25) is 0 Å². The molecule has 2 rings (SSSR count). The third-order valence-electron chi connectivity index (χ3n) is 3.88. The van der Waals surface area contributed by atoms with Gasteiger partial charge in [-0.05, 0) is 39.1 Å². The molecule has 2 aromatic rings. The summed E-state index contributed by atoms with van der Waals surface area (Å²) in [5.41, 5.74) is 2.39. The number of hydrogen-bond donors (Lipinski definition) is 2. The molecule has 24 heavy (non-hydrogen) atoms. The Labute approximate surface area is 145 Å². The van der Waals surface area contributed by atoms with Crippen LogP contribution in [0.15, 0.2) is 17.5 Å². The maximum Gasteiger partial charge on any atom is 0.304 e. The van der Waals surface area contributed by atoms with Crippen molar-refractivity contribution in [3.8, 4) is 0 Å². The second kappa shape index (κ2) is 7.61. The van der Waals surface area contributed by atoms with E-state index >= 15 is 0 Å². The van der Waals surface area contributed by atoms with Crippen LogP contribution in [0.4, 0.5) is 5.69 Å². The van der Waals surface area contributed by atoms with Gasteiger partial charge in [0.05, 0.1) is 23.5 Å². The second-order valence-electron chi connectivity index (χ2n) is 6.15. The second-order valence-corrected chi connectivity index (χ2v) is 7.13. The number of thiophene rings is 1. The van der Waals surface area contributed by atoms with Crippen LogP contribution < -0.4 is 5.32 Å². The summed E-state index contributed by atoms with van der Waals surface area (Å²) in [6, 6.07) is 3.95. The first kappa shape index (κ1) is 18.2. The Balaban J connectivity index is 2.13. The van der Waals surface area contributed by atoms with Crippen LogP contribution in [0.1, 0.15) is 54.9 Å². The summed E-state index contributed by atoms with van der Waals surface area (Å²) in [6.07, 6.45) is 0.0791. The topological polar surface area (TPSA) is 84.2 Å². The molecule has 0 aliphatic heterocycles. The molecule has 0 radical (unpaired) electrons. The third kappa shape index (κ3) is 4.23. The van der Waals surface area contributed by atoms with Gasteiger partial charge >= 0.3 is 5.97 Å². The number of hydrogen-bond acceptors (Lipinski definition) is 4. The lowest BCUT2D eigenvalue weighted by molar-refractivity contribution is -0.137. The molecule has 7 heteroatoms. The van der Waals surface area contributed by atoms with Crippen molar-refractivity contribution in [2.24, 2.45) is 0 Å². The zero-order valence-corrected chi connectivity index (χ0v) is 15.2. The predicted molar refractivity (Wildman–Crippen MR) is 94.6 cm³/mol. The summed E-state index contributed by atoms with van der Waals surface area (Å²) < 4.78 is 1.87. The number of carbonyl (C=O) groups excluding carboxylic acids is 1. The number of aromatic nitrogens is 2. The lowest BCUT2D eigenvalue weighted by atomic mass is 9.99. The van der Waals surface area contributed by atoms with Crippen LogP contribution in [0, 0.1) is 13.8 Å². The number of carboxylic acids is 1. The summed E-state index contributed by atoms with van der Waals surface area (Å²) in [7, 11) is 0. The van der Waals surface area contributed by atoms with Crippen LogP contribution >= 0.6 is 11.3 Å². The molecule has 2 aromatic heterocycles. The fourth-order valence-electron chi connectivity index (χ4n) is 2.77. The quantitative estimate of drug-likeness (QED) is 0.798. The van der Waals surface area contributed by atoms with E-state index < -0.39 is 5.97 Å². The summed E-state index contributed by atoms with van der Waals surface area (Å²) >= 11 is 1.48. The zero-order valence-electron chi connectivity index (χ0n) is 14.4. The molecule has 0 fully saturated rings. The highest BCUT2D eigenvalue weighted by atomic mass is 32.1. The number of carboxylic acid groups (broad SMARTS) is 1. The fraction of sp³-hybridized carbons (Fsp3) is 0.471. The Bertz CT molecular complexity index is 720. The summed E-state index contributed by atoms with van der Waals surface area (Å²) in [6.45, 7) is 7.84. The molecular weight excluding hydrogens is 326 g/mol. The lowest BCUT2D eigenvalue weighted by Crippen LogP contribution is -2.18. The highest BCUT2D eigenvalue weighted by molar-refractivity contribution is 7.10. The monoisotopic (exact) mass is 349 g/mol. The Morgan fingerprint density at radius 1 is 1.33 bits per heavy atom. The van der Waals surface area contributed by atoms with Gasteiger partial charge in [-0.25, -0.2) is 0 Å². The highest BCUT2D eigenvalue weighted by Gasteiger charge is 2.22. The summed E-state index contributed by atoms with van der Waals surface area (Å²) in [5.74, 6) is -1.41. The van der Waals surface area contributed by atoms with E-state index in [9.17, 15) is 9.59 Å². The van der Waals surface area contributed by atoms with Crippen LogP contribution in [0.3, 0.4) is 0 Å². The molecule has 0 aliphatic carbocycles. The maximum absolute atomic E-state index is 12.4. The first-order chi connectivity index (χ1) is 11.3. The van der Waals surface area contributed by atoms with Crippen molar-refractivity contribution >= 4 is 28.9 Å². The molecule has 0 bridgehead atoms. The third-order valence-corrected chi connectivity index (χ3v) is 4.91. The molecule has 0 spiro atoms. The van der Waals surface area contributed by atoms with Gasteiger partial charge < -0.3 is 10.4 Å². The molecule has 1 unspecified atom stereocenters. The van der Waals surface area contributed by atoms with Gasteiger partial charge in [0.25, 0.3) is 0 Å². The minimum absolute atomic E-state index is 0.0584. The van der Waals surface area contributed by atoms with E-state index in [0.29, 0.717) is 5.69 Å². The smallest absolute Gasteiger partial charge is 0.304 e. The summed E-state index contributed by atoms with van der Waals surface area (Å²) in [5, 5.41) is 18.3. The minimum Gasteiger partial charge on any atom is -0.481 e. The Morgan fingerprint density at radius 2 is 2.04 bits per heavy atom. The average Bonchev–Trinajstić information content (AvgIpc) is 3.10.